The number of hydrogen-bond acceptors (Lipinski definition) is 4. The molecule has 1 fully saturated rings. The first-order chi connectivity index (χ1) is 13.0. The van der Waals surface area contributed by atoms with Crippen molar-refractivity contribution in [2.75, 3.05) is 18.4 Å². The van der Waals surface area contributed by atoms with Gasteiger partial charge in [0.2, 0.25) is 11.9 Å². The molecule has 0 radical (unpaired) electrons. The van der Waals surface area contributed by atoms with Crippen molar-refractivity contribution in [3.05, 3.63) is 41.2 Å². The smallest absolute Gasteiger partial charge is 0.227 e. The summed E-state index contributed by atoms with van der Waals surface area (Å²) in [5.41, 5.74) is 2.54. The van der Waals surface area contributed by atoms with Gasteiger partial charge in [-0.15, -0.1) is 12.4 Å². The van der Waals surface area contributed by atoms with E-state index in [1.54, 1.807) is 4.68 Å². The van der Waals surface area contributed by atoms with Gasteiger partial charge in [-0.3, -0.25) is 10.1 Å². The van der Waals surface area contributed by atoms with Crippen molar-refractivity contribution in [3.8, 4) is 0 Å². The summed E-state index contributed by atoms with van der Waals surface area (Å²) in [6.07, 6.45) is 4.35. The van der Waals surface area contributed by atoms with E-state index in [9.17, 15) is 4.79 Å². The third kappa shape index (κ3) is 6.31. The standard InChI is InChI=1S/C21H31N5O.ClH/c1-15(2)14-17-6-4-16(5-7-17)8-9-19(27)23-21-24-20(25-26(21)3)18-10-12-22-13-11-18;/h4-7,15,18,22H,8-14H2,1-3H3,(H,23,24,25,27);1H. The Bertz CT molecular complexity index is 751. The summed E-state index contributed by atoms with van der Waals surface area (Å²) in [4.78, 5) is 16.9. The second-order valence-electron chi connectivity index (χ2n) is 7.90. The molecule has 3 rings (SSSR count). The number of nitrogens with zero attached hydrogens (tertiary/aromatic N) is 3. The zero-order valence-electron chi connectivity index (χ0n) is 17.1. The monoisotopic (exact) mass is 405 g/mol. The molecule has 0 spiro atoms. The van der Waals surface area contributed by atoms with Gasteiger partial charge in [-0.05, 0) is 55.8 Å². The minimum Gasteiger partial charge on any atom is -0.317 e. The lowest BCUT2D eigenvalue weighted by molar-refractivity contribution is -0.116. The van der Waals surface area contributed by atoms with Crippen molar-refractivity contribution in [1.82, 2.24) is 20.1 Å². The molecule has 0 aliphatic carbocycles. The number of hydrogen-bond donors (Lipinski definition) is 2. The third-order valence-corrected chi connectivity index (χ3v) is 5.04. The molecule has 1 aromatic carbocycles. The van der Waals surface area contributed by atoms with Crippen molar-refractivity contribution in [2.24, 2.45) is 13.0 Å². The average molecular weight is 406 g/mol. The molecule has 1 aliphatic heterocycles. The molecule has 0 atom stereocenters. The average Bonchev–Trinajstić information content (AvgIpc) is 3.02. The number of aryl methyl sites for hydroxylation is 2. The van der Waals surface area contributed by atoms with Gasteiger partial charge < -0.3 is 5.32 Å². The molecule has 0 unspecified atom stereocenters. The van der Waals surface area contributed by atoms with Crippen LogP contribution in [0.25, 0.3) is 0 Å². The van der Waals surface area contributed by atoms with Crippen molar-refractivity contribution in [2.45, 2.75) is 51.9 Å². The van der Waals surface area contributed by atoms with Crippen molar-refractivity contribution < 1.29 is 4.79 Å². The van der Waals surface area contributed by atoms with Gasteiger partial charge in [0.1, 0.15) is 0 Å². The summed E-state index contributed by atoms with van der Waals surface area (Å²) in [6.45, 7) is 6.45. The first kappa shape index (κ1) is 22.4. The number of piperidine rings is 1. The lowest BCUT2D eigenvalue weighted by Crippen LogP contribution is -2.27. The molecule has 2 aromatic rings. The predicted molar refractivity (Wildman–Crippen MR) is 115 cm³/mol. The Morgan fingerprint density at radius 3 is 2.50 bits per heavy atom. The van der Waals surface area contributed by atoms with Gasteiger partial charge in [-0.2, -0.15) is 10.1 Å². The zero-order valence-corrected chi connectivity index (χ0v) is 17.9. The van der Waals surface area contributed by atoms with Gasteiger partial charge >= 0.3 is 0 Å². The fraction of sp³-hybridized carbons (Fsp3) is 0.571. The number of aromatic nitrogens is 3. The Kier molecular flexibility index (Phi) is 8.45. The Morgan fingerprint density at radius 2 is 1.86 bits per heavy atom. The SMILES string of the molecule is CC(C)Cc1ccc(CCC(=O)Nc2nc(C3CCNCC3)nn2C)cc1.Cl. The van der Waals surface area contributed by atoms with Gasteiger partial charge in [0.15, 0.2) is 5.82 Å². The molecule has 154 valence electrons. The van der Waals surface area contributed by atoms with Crippen LogP contribution in [-0.4, -0.2) is 33.8 Å². The normalized spacial score (nSPS) is 14.7. The molecule has 28 heavy (non-hydrogen) atoms. The van der Waals surface area contributed by atoms with Crippen LogP contribution in [0.1, 0.15) is 56.0 Å². The van der Waals surface area contributed by atoms with Gasteiger partial charge in [-0.25, -0.2) is 4.68 Å². The van der Waals surface area contributed by atoms with Crippen LogP contribution in [-0.2, 0) is 24.7 Å². The second-order valence-corrected chi connectivity index (χ2v) is 7.90. The summed E-state index contributed by atoms with van der Waals surface area (Å²) in [5, 5.41) is 10.8. The van der Waals surface area contributed by atoms with Crippen LogP contribution in [0.2, 0.25) is 0 Å². The number of benzene rings is 1. The Morgan fingerprint density at radius 1 is 1.21 bits per heavy atom. The Labute approximate surface area is 173 Å². The van der Waals surface area contributed by atoms with Gasteiger partial charge in [0.05, 0.1) is 0 Å². The summed E-state index contributed by atoms with van der Waals surface area (Å²) in [7, 11) is 1.83. The molecule has 1 aliphatic rings. The van der Waals surface area contributed by atoms with E-state index in [1.165, 1.54) is 11.1 Å². The van der Waals surface area contributed by atoms with Gasteiger partial charge in [0, 0.05) is 19.4 Å². The highest BCUT2D eigenvalue weighted by Crippen LogP contribution is 2.23. The number of rotatable bonds is 7. The molecular weight excluding hydrogens is 374 g/mol. The number of carbonyl (C=O) groups is 1. The van der Waals surface area contributed by atoms with Crippen LogP contribution in [0.4, 0.5) is 5.95 Å². The van der Waals surface area contributed by atoms with E-state index in [-0.39, 0.29) is 18.3 Å². The lowest BCUT2D eigenvalue weighted by atomic mass is 9.98. The summed E-state index contributed by atoms with van der Waals surface area (Å²) < 4.78 is 1.68. The molecule has 1 saturated heterocycles. The molecule has 2 heterocycles. The first-order valence-corrected chi connectivity index (χ1v) is 10.0. The topological polar surface area (TPSA) is 71.8 Å². The maximum absolute atomic E-state index is 12.3. The lowest BCUT2D eigenvalue weighted by Gasteiger charge is -2.19. The van der Waals surface area contributed by atoms with Crippen molar-refractivity contribution in [3.63, 3.8) is 0 Å². The highest BCUT2D eigenvalue weighted by atomic mass is 35.5. The van der Waals surface area contributed by atoms with Crippen molar-refractivity contribution in [1.29, 1.82) is 0 Å². The maximum atomic E-state index is 12.3. The zero-order chi connectivity index (χ0) is 19.2. The van der Waals surface area contributed by atoms with Crippen LogP contribution in [0, 0.1) is 5.92 Å². The van der Waals surface area contributed by atoms with E-state index in [0.29, 0.717) is 24.2 Å². The van der Waals surface area contributed by atoms with Gasteiger partial charge in [-0.1, -0.05) is 38.1 Å². The van der Waals surface area contributed by atoms with E-state index < -0.39 is 0 Å². The number of carbonyl (C=O) groups excluding carboxylic acids is 1. The molecule has 7 heteroatoms. The fourth-order valence-corrected chi connectivity index (χ4v) is 3.52. The Hall–Kier alpha value is -1.92. The Balaban J connectivity index is 0.00000280. The number of nitrogens with one attached hydrogen (secondary N) is 2. The molecule has 1 aromatic heterocycles. The summed E-state index contributed by atoms with van der Waals surface area (Å²) in [6, 6.07) is 8.59. The number of amides is 1. The molecule has 1 amide bonds. The molecule has 2 N–H and O–H groups in total. The third-order valence-electron chi connectivity index (χ3n) is 5.04. The predicted octanol–water partition coefficient (Wildman–Crippen LogP) is 3.47. The van der Waals surface area contributed by atoms with E-state index in [0.717, 1.165) is 44.6 Å². The number of anilines is 1. The van der Waals surface area contributed by atoms with Crippen LogP contribution in [0.15, 0.2) is 24.3 Å². The van der Waals surface area contributed by atoms with E-state index in [4.69, 9.17) is 0 Å². The first-order valence-electron chi connectivity index (χ1n) is 10.0. The van der Waals surface area contributed by atoms with Crippen LogP contribution < -0.4 is 10.6 Å². The molecule has 0 bridgehead atoms. The summed E-state index contributed by atoms with van der Waals surface area (Å²) in [5.74, 6) is 2.40. The number of halogens is 1. The van der Waals surface area contributed by atoms with Crippen LogP contribution in [0.5, 0.6) is 0 Å². The second kappa shape index (κ2) is 10.6. The van der Waals surface area contributed by atoms with Gasteiger partial charge in [0.25, 0.3) is 0 Å². The minimum atomic E-state index is -0.0198. The molecule has 6 nitrogen and oxygen atoms in total. The van der Waals surface area contributed by atoms with Crippen molar-refractivity contribution >= 4 is 24.3 Å². The minimum absolute atomic E-state index is 0. The largest absolute Gasteiger partial charge is 0.317 e. The summed E-state index contributed by atoms with van der Waals surface area (Å²) >= 11 is 0. The molecule has 0 saturated carbocycles. The highest BCUT2D eigenvalue weighted by molar-refractivity contribution is 5.89. The van der Waals surface area contributed by atoms with E-state index in [1.807, 2.05) is 7.05 Å². The van der Waals surface area contributed by atoms with Crippen LogP contribution >= 0.6 is 12.4 Å². The maximum Gasteiger partial charge on any atom is 0.227 e. The van der Waals surface area contributed by atoms with E-state index in [2.05, 4.69) is 58.8 Å². The molecular formula is C21H32ClN5O. The van der Waals surface area contributed by atoms with E-state index >= 15 is 0 Å². The van der Waals surface area contributed by atoms with Crippen LogP contribution in [0.3, 0.4) is 0 Å². The fourth-order valence-electron chi connectivity index (χ4n) is 3.52. The quantitative estimate of drug-likeness (QED) is 0.739. The highest BCUT2D eigenvalue weighted by Gasteiger charge is 2.21.